The predicted octanol–water partition coefficient (Wildman–Crippen LogP) is 2.91. The molecule has 0 saturated heterocycles. The summed E-state index contributed by atoms with van der Waals surface area (Å²) in [6.45, 7) is 0. The second-order valence-electron chi connectivity index (χ2n) is 4.50. The third kappa shape index (κ3) is 4.32. The first-order valence-electron chi connectivity index (χ1n) is 6.12. The van der Waals surface area contributed by atoms with Gasteiger partial charge in [-0.05, 0) is 35.9 Å². The molecule has 4 N–H and O–H groups in total. The Labute approximate surface area is 129 Å². The molecule has 0 atom stereocenters. The molecule has 0 unspecified atom stereocenters. The molecule has 21 heavy (non-hydrogen) atoms. The van der Waals surface area contributed by atoms with Crippen molar-refractivity contribution in [1.29, 1.82) is 0 Å². The Balaban J connectivity index is 2.11. The number of carbonyl (C=O) groups excluding carboxylic acids is 1. The van der Waals surface area contributed by atoms with Crippen LogP contribution in [0.4, 0.5) is 11.4 Å². The molecule has 1 amide bonds. The summed E-state index contributed by atoms with van der Waals surface area (Å²) in [7, 11) is 0. The van der Waals surface area contributed by atoms with E-state index in [2.05, 4.69) is 21.2 Å². The highest BCUT2D eigenvalue weighted by molar-refractivity contribution is 9.10. The van der Waals surface area contributed by atoms with E-state index in [-0.39, 0.29) is 17.9 Å². The number of rotatable bonds is 4. The number of carbonyl (C=O) groups is 2. The van der Waals surface area contributed by atoms with Gasteiger partial charge in [0, 0.05) is 15.8 Å². The fourth-order valence-electron chi connectivity index (χ4n) is 1.88. The van der Waals surface area contributed by atoms with Gasteiger partial charge in [0.25, 0.3) is 0 Å². The topological polar surface area (TPSA) is 92.4 Å². The van der Waals surface area contributed by atoms with E-state index in [4.69, 9.17) is 10.8 Å². The third-order valence-corrected chi connectivity index (χ3v) is 3.20. The van der Waals surface area contributed by atoms with Gasteiger partial charge in [0.2, 0.25) is 5.91 Å². The van der Waals surface area contributed by atoms with Gasteiger partial charge in [0.1, 0.15) is 0 Å². The van der Waals surface area contributed by atoms with Gasteiger partial charge in [-0.25, -0.2) is 4.79 Å². The minimum absolute atomic E-state index is 0.101. The van der Waals surface area contributed by atoms with Gasteiger partial charge in [0.05, 0.1) is 12.0 Å². The zero-order valence-electron chi connectivity index (χ0n) is 11.0. The normalized spacial score (nSPS) is 10.1. The maximum Gasteiger partial charge on any atom is 0.335 e. The average molecular weight is 349 g/mol. The zero-order valence-corrected chi connectivity index (χ0v) is 12.6. The summed E-state index contributed by atoms with van der Waals surface area (Å²) in [5.74, 6) is -1.29. The largest absolute Gasteiger partial charge is 0.478 e. The number of benzene rings is 2. The van der Waals surface area contributed by atoms with E-state index < -0.39 is 5.97 Å². The molecular weight excluding hydrogens is 336 g/mol. The molecule has 0 heterocycles. The van der Waals surface area contributed by atoms with Crippen molar-refractivity contribution in [1.82, 2.24) is 0 Å². The van der Waals surface area contributed by atoms with E-state index in [9.17, 15) is 9.59 Å². The smallest absolute Gasteiger partial charge is 0.335 e. The van der Waals surface area contributed by atoms with E-state index in [1.807, 2.05) is 0 Å². The second-order valence-corrected chi connectivity index (χ2v) is 5.42. The van der Waals surface area contributed by atoms with Crippen molar-refractivity contribution in [2.24, 2.45) is 0 Å². The summed E-state index contributed by atoms with van der Waals surface area (Å²) < 4.78 is 0.585. The number of hydrogen-bond acceptors (Lipinski definition) is 3. The zero-order chi connectivity index (χ0) is 15.4. The summed E-state index contributed by atoms with van der Waals surface area (Å²) in [4.78, 5) is 22.9. The standard InChI is InChI=1S/C15H13BrN2O3/c16-11-6-10(15(20)21)7-13(8-11)18-14(19)5-9-2-1-3-12(17)4-9/h1-4,6-8H,5,17H2,(H,18,19)(H,20,21). The lowest BCUT2D eigenvalue weighted by Crippen LogP contribution is -2.15. The molecule has 2 aromatic rings. The van der Waals surface area contributed by atoms with Crippen molar-refractivity contribution < 1.29 is 14.7 Å². The summed E-state index contributed by atoms with van der Waals surface area (Å²) in [6.07, 6.45) is 0.167. The Hall–Kier alpha value is -2.34. The fraction of sp³-hybridized carbons (Fsp3) is 0.0667. The molecule has 0 fully saturated rings. The van der Waals surface area contributed by atoms with Gasteiger partial charge in [-0.3, -0.25) is 4.79 Å². The minimum atomic E-state index is -1.05. The first kappa shape index (κ1) is 15.1. The predicted molar refractivity (Wildman–Crippen MR) is 84.3 cm³/mol. The second kappa shape index (κ2) is 6.41. The Kier molecular flexibility index (Phi) is 4.59. The van der Waals surface area contributed by atoms with Gasteiger partial charge in [-0.1, -0.05) is 28.1 Å². The van der Waals surface area contributed by atoms with Crippen molar-refractivity contribution >= 4 is 39.2 Å². The van der Waals surface area contributed by atoms with Crippen molar-refractivity contribution in [2.45, 2.75) is 6.42 Å². The molecular formula is C15H13BrN2O3. The van der Waals surface area contributed by atoms with Crippen molar-refractivity contribution in [3.63, 3.8) is 0 Å². The molecule has 0 radical (unpaired) electrons. The summed E-state index contributed by atoms with van der Waals surface area (Å²) in [5.41, 5.74) is 7.57. The van der Waals surface area contributed by atoms with E-state index in [1.165, 1.54) is 12.1 Å². The molecule has 5 nitrogen and oxygen atoms in total. The van der Waals surface area contributed by atoms with Crippen LogP contribution >= 0.6 is 15.9 Å². The number of aromatic carboxylic acids is 1. The summed E-state index contributed by atoms with van der Waals surface area (Å²) in [6, 6.07) is 11.6. The number of nitrogens with one attached hydrogen (secondary N) is 1. The SMILES string of the molecule is Nc1cccc(CC(=O)Nc2cc(Br)cc(C(=O)O)c2)c1. The highest BCUT2D eigenvalue weighted by Crippen LogP contribution is 2.20. The number of amides is 1. The third-order valence-electron chi connectivity index (χ3n) is 2.74. The Morgan fingerprint density at radius 1 is 1.19 bits per heavy atom. The Bertz CT molecular complexity index is 701. The molecule has 108 valence electrons. The van der Waals surface area contributed by atoms with Crippen molar-refractivity contribution in [3.8, 4) is 0 Å². The Morgan fingerprint density at radius 3 is 2.62 bits per heavy atom. The van der Waals surface area contributed by atoms with Crippen LogP contribution in [0.2, 0.25) is 0 Å². The highest BCUT2D eigenvalue weighted by atomic mass is 79.9. The molecule has 0 aliphatic carbocycles. The molecule has 0 spiro atoms. The number of halogens is 1. The quantitative estimate of drug-likeness (QED) is 0.740. The maximum atomic E-state index is 12.0. The summed E-state index contributed by atoms with van der Waals surface area (Å²) in [5, 5.41) is 11.7. The highest BCUT2D eigenvalue weighted by Gasteiger charge is 2.09. The molecule has 0 saturated carbocycles. The van der Waals surface area contributed by atoms with Crippen LogP contribution in [-0.4, -0.2) is 17.0 Å². The van der Waals surface area contributed by atoms with E-state index in [0.717, 1.165) is 5.56 Å². The van der Waals surface area contributed by atoms with E-state index in [1.54, 1.807) is 30.3 Å². The van der Waals surface area contributed by atoms with E-state index >= 15 is 0 Å². The van der Waals surface area contributed by atoms with E-state index in [0.29, 0.717) is 15.8 Å². The number of nitrogens with two attached hydrogens (primary N) is 1. The number of nitrogen functional groups attached to an aromatic ring is 1. The fourth-order valence-corrected chi connectivity index (χ4v) is 2.37. The van der Waals surface area contributed by atoms with Gasteiger partial charge in [-0.2, -0.15) is 0 Å². The number of hydrogen-bond donors (Lipinski definition) is 3. The van der Waals surface area contributed by atoms with Crippen LogP contribution in [0.3, 0.4) is 0 Å². The van der Waals surface area contributed by atoms with Gasteiger partial charge >= 0.3 is 5.97 Å². The average Bonchev–Trinajstić information content (AvgIpc) is 2.37. The van der Waals surface area contributed by atoms with Gasteiger partial charge in [-0.15, -0.1) is 0 Å². The first-order chi connectivity index (χ1) is 9.94. The molecule has 2 rings (SSSR count). The lowest BCUT2D eigenvalue weighted by Gasteiger charge is -2.07. The maximum absolute atomic E-state index is 12.0. The number of anilines is 2. The molecule has 0 bridgehead atoms. The van der Waals surface area contributed by atoms with Crippen LogP contribution in [0.5, 0.6) is 0 Å². The summed E-state index contributed by atoms with van der Waals surface area (Å²) >= 11 is 3.22. The molecule has 6 heteroatoms. The van der Waals surface area contributed by atoms with Crippen LogP contribution in [0, 0.1) is 0 Å². The van der Waals surface area contributed by atoms with Crippen LogP contribution in [0.15, 0.2) is 46.9 Å². The van der Waals surface area contributed by atoms with Crippen LogP contribution in [0.1, 0.15) is 15.9 Å². The van der Waals surface area contributed by atoms with Crippen molar-refractivity contribution in [2.75, 3.05) is 11.1 Å². The van der Waals surface area contributed by atoms with Crippen molar-refractivity contribution in [3.05, 3.63) is 58.1 Å². The lowest BCUT2D eigenvalue weighted by atomic mass is 10.1. The van der Waals surface area contributed by atoms with Gasteiger partial charge in [0.15, 0.2) is 0 Å². The minimum Gasteiger partial charge on any atom is -0.478 e. The van der Waals surface area contributed by atoms with Crippen LogP contribution in [0.25, 0.3) is 0 Å². The molecule has 2 aromatic carbocycles. The lowest BCUT2D eigenvalue weighted by molar-refractivity contribution is -0.115. The number of carboxylic acids is 1. The first-order valence-corrected chi connectivity index (χ1v) is 6.91. The molecule has 0 aliphatic rings. The number of carboxylic acid groups (broad SMARTS) is 1. The van der Waals surface area contributed by atoms with Gasteiger partial charge < -0.3 is 16.2 Å². The molecule has 0 aliphatic heterocycles. The molecule has 0 aromatic heterocycles. The monoisotopic (exact) mass is 348 g/mol. The van der Waals surface area contributed by atoms with Crippen LogP contribution < -0.4 is 11.1 Å². The Morgan fingerprint density at radius 2 is 1.95 bits per heavy atom. The van der Waals surface area contributed by atoms with Crippen LogP contribution in [-0.2, 0) is 11.2 Å².